The van der Waals surface area contributed by atoms with E-state index in [2.05, 4.69) is 0 Å². The van der Waals surface area contributed by atoms with Crippen LogP contribution in [0.15, 0.2) is 20.7 Å². The standard InChI is InChI=1S/C14H23N3O6S3.ClH/c1-22-9-7-16(8-10-23-2)5-6-17-4-3-12-11-13(25(15,18)19)24-14(12)26(17,20)21;/h3-4,11H,5-10H2,1-2H3,(H2,15,18,19);1H. The summed E-state index contributed by atoms with van der Waals surface area (Å²) < 4.78 is 59.7. The van der Waals surface area contributed by atoms with E-state index in [4.69, 9.17) is 14.6 Å². The average Bonchev–Trinajstić information content (AvgIpc) is 3.01. The van der Waals surface area contributed by atoms with E-state index in [1.54, 1.807) is 20.3 Å². The van der Waals surface area contributed by atoms with Crippen molar-refractivity contribution < 1.29 is 26.3 Å². The van der Waals surface area contributed by atoms with E-state index in [1.165, 1.54) is 16.6 Å². The lowest BCUT2D eigenvalue weighted by molar-refractivity contribution is 0.112. The number of nitrogens with two attached hydrogens (primary N) is 1. The van der Waals surface area contributed by atoms with Crippen molar-refractivity contribution in [3.63, 3.8) is 0 Å². The van der Waals surface area contributed by atoms with Gasteiger partial charge in [0.05, 0.1) is 13.2 Å². The van der Waals surface area contributed by atoms with Gasteiger partial charge < -0.3 is 9.47 Å². The highest BCUT2D eigenvalue weighted by molar-refractivity contribution is 7.94. The predicted molar refractivity (Wildman–Crippen MR) is 106 cm³/mol. The van der Waals surface area contributed by atoms with Crippen molar-refractivity contribution in [3.05, 3.63) is 17.8 Å². The zero-order valence-corrected chi connectivity index (χ0v) is 18.3. The molecule has 0 bridgehead atoms. The molecule has 0 spiro atoms. The molecule has 13 heteroatoms. The molecule has 0 unspecified atom stereocenters. The fourth-order valence-electron chi connectivity index (χ4n) is 2.38. The van der Waals surface area contributed by atoms with Crippen molar-refractivity contribution >= 4 is 49.9 Å². The first kappa shape index (κ1) is 24.3. The molecular weight excluding hydrogens is 438 g/mol. The van der Waals surface area contributed by atoms with Gasteiger partial charge in [-0.05, 0) is 12.1 Å². The van der Waals surface area contributed by atoms with Gasteiger partial charge in [-0.25, -0.2) is 22.0 Å². The highest BCUT2D eigenvalue weighted by atomic mass is 35.5. The van der Waals surface area contributed by atoms with Crippen LogP contribution >= 0.6 is 23.7 Å². The van der Waals surface area contributed by atoms with E-state index in [9.17, 15) is 16.8 Å². The van der Waals surface area contributed by atoms with Crippen LogP contribution in [0.1, 0.15) is 5.56 Å². The summed E-state index contributed by atoms with van der Waals surface area (Å²) >= 11 is 0.668. The second-order valence-electron chi connectivity index (χ2n) is 5.61. The van der Waals surface area contributed by atoms with Crippen LogP contribution in [-0.4, -0.2) is 79.7 Å². The summed E-state index contributed by atoms with van der Waals surface area (Å²) in [6.45, 7) is 3.07. The fourth-order valence-corrected chi connectivity index (χ4v) is 6.32. The summed E-state index contributed by atoms with van der Waals surface area (Å²) in [5.74, 6) is 0. The maximum Gasteiger partial charge on any atom is 0.274 e. The first-order valence-corrected chi connectivity index (χ1v) is 11.6. The molecule has 0 saturated carbocycles. The van der Waals surface area contributed by atoms with E-state index >= 15 is 0 Å². The van der Waals surface area contributed by atoms with Crippen molar-refractivity contribution in [1.82, 2.24) is 9.21 Å². The minimum absolute atomic E-state index is 0. The van der Waals surface area contributed by atoms with Gasteiger partial charge in [0, 0.05) is 52.2 Å². The van der Waals surface area contributed by atoms with Gasteiger partial charge in [0.2, 0.25) is 10.0 Å². The highest BCUT2D eigenvalue weighted by Crippen LogP contribution is 2.35. The Morgan fingerprint density at radius 2 is 1.78 bits per heavy atom. The van der Waals surface area contributed by atoms with Crippen molar-refractivity contribution in [3.8, 4) is 0 Å². The number of nitrogens with zero attached hydrogens (tertiary/aromatic N) is 2. The highest BCUT2D eigenvalue weighted by Gasteiger charge is 2.31. The Bertz CT molecular complexity index is 845. The third-order valence-electron chi connectivity index (χ3n) is 3.81. The number of ether oxygens (including phenoxy) is 2. The molecule has 0 fully saturated rings. The Labute approximate surface area is 170 Å². The van der Waals surface area contributed by atoms with E-state index in [1.807, 2.05) is 4.90 Å². The van der Waals surface area contributed by atoms with Gasteiger partial charge in [0.15, 0.2) is 0 Å². The number of fused-ring (bicyclic) bond motifs is 1. The summed E-state index contributed by atoms with van der Waals surface area (Å²) in [4.78, 5) is 2.04. The lowest BCUT2D eigenvalue weighted by atomic mass is 10.3. The van der Waals surface area contributed by atoms with Crippen LogP contribution in [0.4, 0.5) is 0 Å². The molecule has 0 amide bonds. The molecule has 0 aliphatic carbocycles. The predicted octanol–water partition coefficient (Wildman–Crippen LogP) is 0.387. The lowest BCUT2D eigenvalue weighted by Gasteiger charge is -2.27. The van der Waals surface area contributed by atoms with Gasteiger partial charge in [-0.3, -0.25) is 9.21 Å². The number of thiophene rings is 1. The second-order valence-corrected chi connectivity index (χ2v) is 10.5. The van der Waals surface area contributed by atoms with Gasteiger partial charge in [0.25, 0.3) is 10.0 Å². The van der Waals surface area contributed by atoms with Crippen molar-refractivity contribution in [2.24, 2.45) is 5.14 Å². The van der Waals surface area contributed by atoms with Crippen LogP contribution in [0.5, 0.6) is 0 Å². The van der Waals surface area contributed by atoms with E-state index in [0.29, 0.717) is 49.7 Å². The summed E-state index contributed by atoms with van der Waals surface area (Å²) in [6.07, 6.45) is 3.03. The molecule has 1 aliphatic heterocycles. The van der Waals surface area contributed by atoms with Crippen molar-refractivity contribution in [2.75, 3.05) is 53.6 Å². The summed E-state index contributed by atoms with van der Waals surface area (Å²) in [5.41, 5.74) is 0.339. The molecule has 0 radical (unpaired) electrons. The number of halogens is 1. The molecule has 1 aromatic rings. The lowest BCUT2D eigenvalue weighted by Crippen LogP contribution is -2.39. The summed E-state index contributed by atoms with van der Waals surface area (Å²) in [5, 5.41) is 5.10. The maximum absolute atomic E-state index is 12.8. The van der Waals surface area contributed by atoms with Gasteiger partial charge >= 0.3 is 0 Å². The topological polar surface area (TPSA) is 119 Å². The quantitative estimate of drug-likeness (QED) is 0.535. The molecule has 0 aromatic carbocycles. The molecule has 2 N–H and O–H groups in total. The van der Waals surface area contributed by atoms with E-state index in [-0.39, 0.29) is 27.4 Å². The SMILES string of the molecule is COCCN(CCOC)CCN1C=Cc2cc(S(N)(=O)=O)sc2S1(=O)=O.Cl. The minimum Gasteiger partial charge on any atom is -0.383 e. The molecule has 0 atom stereocenters. The number of rotatable bonds is 10. The van der Waals surface area contributed by atoms with Gasteiger partial charge in [0.1, 0.15) is 8.42 Å². The Kier molecular flexibility index (Phi) is 9.15. The van der Waals surface area contributed by atoms with Crippen LogP contribution in [0.3, 0.4) is 0 Å². The fraction of sp³-hybridized carbons (Fsp3) is 0.571. The zero-order chi connectivity index (χ0) is 19.4. The van der Waals surface area contributed by atoms with Crippen LogP contribution in [0, 0.1) is 0 Å². The molecule has 156 valence electrons. The molecule has 27 heavy (non-hydrogen) atoms. The van der Waals surface area contributed by atoms with Crippen molar-refractivity contribution in [2.45, 2.75) is 8.42 Å². The third kappa shape index (κ3) is 6.12. The Morgan fingerprint density at radius 1 is 1.19 bits per heavy atom. The van der Waals surface area contributed by atoms with Crippen LogP contribution < -0.4 is 5.14 Å². The average molecular weight is 462 g/mol. The van der Waals surface area contributed by atoms with Crippen LogP contribution in [0.2, 0.25) is 0 Å². The van der Waals surface area contributed by atoms with Gasteiger partial charge in [-0.1, -0.05) is 0 Å². The minimum atomic E-state index is -3.95. The zero-order valence-electron chi connectivity index (χ0n) is 15.0. The number of sulfonamides is 2. The first-order valence-electron chi connectivity index (χ1n) is 7.77. The number of hydrogen-bond donors (Lipinski definition) is 1. The third-order valence-corrected chi connectivity index (χ3v) is 8.68. The molecule has 0 saturated heterocycles. The molecule has 9 nitrogen and oxygen atoms in total. The van der Waals surface area contributed by atoms with Gasteiger partial charge in [-0.15, -0.1) is 23.7 Å². The number of primary sulfonamides is 1. The summed E-state index contributed by atoms with van der Waals surface area (Å²) in [7, 11) is -4.54. The monoisotopic (exact) mass is 461 g/mol. The Hall–Kier alpha value is -0.730. The Morgan fingerprint density at radius 3 is 2.30 bits per heavy atom. The van der Waals surface area contributed by atoms with Crippen LogP contribution in [0.25, 0.3) is 6.08 Å². The summed E-state index contributed by atoms with van der Waals surface area (Å²) in [6, 6.07) is 1.28. The van der Waals surface area contributed by atoms with E-state index in [0.717, 1.165) is 0 Å². The second kappa shape index (κ2) is 10.2. The molecular formula is C14H24ClN3O6S3. The molecule has 1 aromatic heterocycles. The smallest absolute Gasteiger partial charge is 0.274 e. The first-order chi connectivity index (χ1) is 12.2. The number of methoxy groups -OCH3 is 2. The van der Waals surface area contributed by atoms with Gasteiger partial charge in [-0.2, -0.15) is 0 Å². The molecule has 2 rings (SSSR count). The largest absolute Gasteiger partial charge is 0.383 e. The Balaban J connectivity index is 0.00000364. The van der Waals surface area contributed by atoms with Crippen molar-refractivity contribution in [1.29, 1.82) is 0 Å². The molecule has 2 heterocycles. The maximum atomic E-state index is 12.8. The molecule has 1 aliphatic rings. The normalized spacial score (nSPS) is 15.6. The number of hydrogen-bond acceptors (Lipinski definition) is 8. The van der Waals surface area contributed by atoms with E-state index < -0.39 is 20.0 Å². The van der Waals surface area contributed by atoms with Crippen LogP contribution in [-0.2, 0) is 29.5 Å².